The average Bonchev–Trinajstić information content (AvgIpc) is 3.73. The highest BCUT2D eigenvalue weighted by atomic mass is 19.2. The van der Waals surface area contributed by atoms with E-state index in [0.717, 1.165) is 0 Å². The van der Waals surface area contributed by atoms with Crippen LogP contribution >= 0.6 is 0 Å². The van der Waals surface area contributed by atoms with E-state index >= 15 is 17.6 Å². The van der Waals surface area contributed by atoms with Gasteiger partial charge in [0, 0.05) is 25.7 Å². The van der Waals surface area contributed by atoms with Crippen LogP contribution in [-0.2, 0) is 28.4 Å². The highest BCUT2D eigenvalue weighted by molar-refractivity contribution is 5.14. The zero-order valence-electron chi connectivity index (χ0n) is 20.3. The van der Waals surface area contributed by atoms with Crippen molar-refractivity contribution in [3.8, 4) is 0 Å². The fourth-order valence-corrected chi connectivity index (χ4v) is 6.74. The Labute approximate surface area is 208 Å². The van der Waals surface area contributed by atoms with Gasteiger partial charge < -0.3 is 33.5 Å². The molecule has 7 nitrogen and oxygen atoms in total. The molecule has 4 bridgehead atoms. The summed E-state index contributed by atoms with van der Waals surface area (Å²) in [7, 11) is 0. The Hall–Kier alpha value is -0.560. The summed E-state index contributed by atoms with van der Waals surface area (Å²) >= 11 is 0. The minimum atomic E-state index is -1.88. The molecule has 0 aromatic carbocycles. The second kappa shape index (κ2) is 9.27. The topological polar surface area (TPSA) is 82.2 Å². The third kappa shape index (κ3) is 5.05. The third-order valence-corrected chi connectivity index (χ3v) is 8.93. The average molecular weight is 525 g/mol. The first-order chi connectivity index (χ1) is 17.1. The van der Waals surface area contributed by atoms with Crippen molar-refractivity contribution in [1.82, 2.24) is 0 Å². The normalized spacial score (nSPS) is 51.9. The maximum Gasteiger partial charge on any atom is 0.142 e. The molecule has 11 heteroatoms. The Bertz CT molecular complexity index is 817. The molecule has 2 saturated heterocycles. The largest absolute Gasteiger partial charge is 0.388 e. The Kier molecular flexibility index (Phi) is 6.62. The molecule has 4 aliphatic carbocycles. The minimum Gasteiger partial charge on any atom is -0.388 e. The SMILES string of the molecule is OC(COC1CC2(F)CC1(F)CCC2OCC1CO1)COC1CCC2(F)CC1(F)CC2OCC1CO1. The molecule has 206 valence electrons. The van der Waals surface area contributed by atoms with E-state index in [9.17, 15) is 5.11 Å². The van der Waals surface area contributed by atoms with Crippen molar-refractivity contribution < 1.29 is 51.1 Å². The molecule has 6 fully saturated rings. The lowest BCUT2D eigenvalue weighted by Crippen LogP contribution is -2.46. The number of hydrogen-bond acceptors (Lipinski definition) is 7. The van der Waals surface area contributed by atoms with Crippen molar-refractivity contribution in [2.45, 2.75) is 117 Å². The Balaban J connectivity index is 0.967. The third-order valence-electron chi connectivity index (χ3n) is 8.93. The molecule has 1 N–H and O–H groups in total. The summed E-state index contributed by atoms with van der Waals surface area (Å²) in [6.07, 6.45) is -4.74. The molecule has 4 saturated carbocycles. The van der Waals surface area contributed by atoms with E-state index < -0.39 is 53.2 Å². The zero-order valence-corrected chi connectivity index (χ0v) is 20.3. The highest BCUT2D eigenvalue weighted by Gasteiger charge is 2.65. The number of aliphatic hydroxyl groups is 1. The smallest absolute Gasteiger partial charge is 0.142 e. The van der Waals surface area contributed by atoms with Gasteiger partial charge in [-0.15, -0.1) is 0 Å². The Morgan fingerprint density at radius 3 is 1.58 bits per heavy atom. The maximum absolute atomic E-state index is 15.6. The van der Waals surface area contributed by atoms with Crippen molar-refractivity contribution in [3.63, 3.8) is 0 Å². The number of halogens is 4. The second-order valence-corrected chi connectivity index (χ2v) is 11.8. The summed E-state index contributed by atoms with van der Waals surface area (Å²) in [5.74, 6) is 0. The van der Waals surface area contributed by atoms with E-state index in [1.54, 1.807) is 0 Å². The number of epoxide rings is 2. The van der Waals surface area contributed by atoms with Gasteiger partial charge in [-0.05, 0) is 25.7 Å². The summed E-state index contributed by atoms with van der Waals surface area (Å²) in [6.45, 7) is 1.25. The first-order valence-electron chi connectivity index (χ1n) is 13.2. The summed E-state index contributed by atoms with van der Waals surface area (Å²) in [5.41, 5.74) is -7.24. The van der Waals surface area contributed by atoms with Gasteiger partial charge in [-0.3, -0.25) is 0 Å². The predicted molar refractivity (Wildman–Crippen MR) is 117 cm³/mol. The van der Waals surface area contributed by atoms with Crippen molar-refractivity contribution in [1.29, 1.82) is 0 Å². The lowest BCUT2D eigenvalue weighted by Gasteiger charge is -2.37. The minimum absolute atomic E-state index is 0.00295. The molecule has 0 aromatic heterocycles. The number of alkyl halides is 4. The van der Waals surface area contributed by atoms with Crippen molar-refractivity contribution in [2.75, 3.05) is 39.6 Å². The van der Waals surface area contributed by atoms with E-state index in [1.165, 1.54) is 0 Å². The fourth-order valence-electron chi connectivity index (χ4n) is 6.74. The first kappa shape index (κ1) is 25.7. The second-order valence-electron chi connectivity index (χ2n) is 11.8. The maximum atomic E-state index is 15.6. The van der Waals surface area contributed by atoms with Gasteiger partial charge in [0.05, 0.1) is 64.1 Å². The molecule has 36 heavy (non-hydrogen) atoms. The molecule has 0 amide bonds. The first-order valence-corrected chi connectivity index (χ1v) is 13.2. The molecule has 0 aromatic rings. The molecule has 11 atom stereocenters. The van der Waals surface area contributed by atoms with Gasteiger partial charge in [0.15, 0.2) is 0 Å². The summed E-state index contributed by atoms with van der Waals surface area (Å²) in [4.78, 5) is 0. The van der Waals surface area contributed by atoms with Crippen LogP contribution in [0, 0.1) is 0 Å². The van der Waals surface area contributed by atoms with Crippen LogP contribution in [-0.4, -0.2) is 110 Å². The summed E-state index contributed by atoms with van der Waals surface area (Å²) in [6, 6.07) is 0. The van der Waals surface area contributed by atoms with Gasteiger partial charge in [-0.2, -0.15) is 0 Å². The summed E-state index contributed by atoms with van der Waals surface area (Å²) < 4.78 is 94.7. The van der Waals surface area contributed by atoms with Crippen molar-refractivity contribution in [2.24, 2.45) is 0 Å². The lowest BCUT2D eigenvalue weighted by atomic mass is 9.82. The van der Waals surface area contributed by atoms with Crippen LogP contribution in [0.25, 0.3) is 0 Å². The Morgan fingerprint density at radius 2 is 1.08 bits per heavy atom. The van der Waals surface area contributed by atoms with Gasteiger partial charge in [0.2, 0.25) is 0 Å². The number of aliphatic hydroxyl groups excluding tert-OH is 1. The number of ether oxygens (including phenoxy) is 6. The van der Waals surface area contributed by atoms with Gasteiger partial charge in [0.1, 0.15) is 41.0 Å². The van der Waals surface area contributed by atoms with Crippen LogP contribution in [0.3, 0.4) is 0 Å². The van der Waals surface area contributed by atoms with Crippen LogP contribution in [0.1, 0.15) is 51.4 Å². The van der Waals surface area contributed by atoms with Crippen LogP contribution in [0.2, 0.25) is 0 Å². The van der Waals surface area contributed by atoms with Crippen LogP contribution in [0.4, 0.5) is 17.6 Å². The molecule has 0 spiro atoms. The zero-order chi connectivity index (χ0) is 25.2. The number of rotatable bonds is 12. The van der Waals surface area contributed by atoms with E-state index in [1.807, 2.05) is 0 Å². The standard InChI is InChI=1S/C25H36F4O7/c26-22-4-2-19(35-11-16-9-31-16)25(29,13-22)5-20(22)34-8-15(30)7-33-18-1-3-23(27)14-24(18,28)6-21(23)36-12-17-10-32-17/h15-21,30H,1-14H2. The molecular weight excluding hydrogens is 488 g/mol. The fraction of sp³-hybridized carbons (Fsp3) is 1.00. The van der Waals surface area contributed by atoms with Gasteiger partial charge >= 0.3 is 0 Å². The molecule has 6 aliphatic rings. The highest BCUT2D eigenvalue weighted by Crippen LogP contribution is 2.56. The van der Waals surface area contributed by atoms with Gasteiger partial charge in [-0.25, -0.2) is 17.6 Å². The molecule has 2 heterocycles. The van der Waals surface area contributed by atoms with Crippen LogP contribution in [0.5, 0.6) is 0 Å². The van der Waals surface area contributed by atoms with Gasteiger partial charge in [0.25, 0.3) is 0 Å². The quantitative estimate of drug-likeness (QED) is 0.311. The molecule has 2 aliphatic heterocycles. The monoisotopic (exact) mass is 524 g/mol. The van der Waals surface area contributed by atoms with E-state index in [0.29, 0.717) is 19.8 Å². The van der Waals surface area contributed by atoms with Crippen molar-refractivity contribution in [3.05, 3.63) is 0 Å². The number of hydrogen-bond donors (Lipinski definition) is 1. The van der Waals surface area contributed by atoms with Crippen molar-refractivity contribution >= 4 is 0 Å². The molecular formula is C25H36F4O7. The Morgan fingerprint density at radius 1 is 0.667 bits per heavy atom. The molecule has 0 radical (unpaired) electrons. The van der Waals surface area contributed by atoms with Crippen LogP contribution in [0.15, 0.2) is 0 Å². The van der Waals surface area contributed by atoms with E-state index in [2.05, 4.69) is 0 Å². The van der Waals surface area contributed by atoms with E-state index in [-0.39, 0.29) is 83.4 Å². The van der Waals surface area contributed by atoms with E-state index in [4.69, 9.17) is 28.4 Å². The van der Waals surface area contributed by atoms with Gasteiger partial charge in [-0.1, -0.05) is 0 Å². The number of fused-ring (bicyclic) bond motifs is 4. The lowest BCUT2D eigenvalue weighted by molar-refractivity contribution is -0.131. The summed E-state index contributed by atoms with van der Waals surface area (Å²) in [5, 5.41) is 10.4. The molecule has 6 rings (SSSR count). The molecule has 11 unspecified atom stereocenters. The van der Waals surface area contributed by atoms with Crippen LogP contribution < -0.4 is 0 Å². The predicted octanol–water partition coefficient (Wildman–Crippen LogP) is 2.69.